The van der Waals surface area contributed by atoms with E-state index in [0.29, 0.717) is 0 Å². The van der Waals surface area contributed by atoms with Gasteiger partial charge < -0.3 is 10.6 Å². The van der Waals surface area contributed by atoms with Crippen LogP contribution in [0.3, 0.4) is 0 Å². The Kier molecular flexibility index (Phi) is 3.05. The lowest BCUT2D eigenvalue weighted by molar-refractivity contribution is 1.30. The molecular weight excluding hydrogens is 198 g/mol. The molecule has 0 fully saturated rings. The fourth-order valence-corrected chi connectivity index (χ4v) is 1.45. The van der Waals surface area contributed by atoms with Crippen LogP contribution in [0.1, 0.15) is 5.56 Å². The number of aryl methyl sites for hydroxylation is 1. The molecule has 0 aliphatic heterocycles. The number of benzene rings is 1. The molecule has 0 bridgehead atoms. The Morgan fingerprint density at radius 3 is 2.31 bits per heavy atom. The number of rotatable bonds is 3. The first kappa shape index (κ1) is 10.5. The third kappa shape index (κ3) is 2.51. The van der Waals surface area contributed by atoms with E-state index in [9.17, 15) is 0 Å². The minimum Gasteiger partial charge on any atom is -0.387 e. The quantitative estimate of drug-likeness (QED) is 0.822. The SMILES string of the molecule is CNc1cncc(Nc2ccc(C)cc2)c1. The van der Waals surface area contributed by atoms with Crippen LogP contribution in [0.4, 0.5) is 17.1 Å². The van der Waals surface area contributed by atoms with E-state index in [4.69, 9.17) is 0 Å². The summed E-state index contributed by atoms with van der Waals surface area (Å²) in [6.45, 7) is 2.08. The summed E-state index contributed by atoms with van der Waals surface area (Å²) in [6, 6.07) is 10.3. The molecule has 0 saturated heterocycles. The standard InChI is InChI=1S/C13H15N3/c1-10-3-5-11(6-4-10)16-13-7-12(14-2)8-15-9-13/h3-9,14,16H,1-2H3. The predicted octanol–water partition coefficient (Wildman–Crippen LogP) is 3.18. The first-order valence-electron chi connectivity index (χ1n) is 5.24. The first-order chi connectivity index (χ1) is 7.78. The van der Waals surface area contributed by atoms with Crippen molar-refractivity contribution in [2.24, 2.45) is 0 Å². The number of nitrogens with one attached hydrogen (secondary N) is 2. The zero-order valence-electron chi connectivity index (χ0n) is 9.49. The van der Waals surface area contributed by atoms with Crippen molar-refractivity contribution < 1.29 is 0 Å². The van der Waals surface area contributed by atoms with Gasteiger partial charge in [0.15, 0.2) is 0 Å². The average molecular weight is 213 g/mol. The zero-order chi connectivity index (χ0) is 11.4. The summed E-state index contributed by atoms with van der Waals surface area (Å²) in [5, 5.41) is 6.36. The van der Waals surface area contributed by atoms with E-state index < -0.39 is 0 Å². The van der Waals surface area contributed by atoms with Gasteiger partial charge in [-0.3, -0.25) is 4.98 Å². The fourth-order valence-electron chi connectivity index (χ4n) is 1.45. The molecule has 3 heteroatoms. The summed E-state index contributed by atoms with van der Waals surface area (Å²) in [6.07, 6.45) is 3.60. The predicted molar refractivity (Wildman–Crippen MR) is 68.2 cm³/mol. The minimum absolute atomic E-state index is 0.982. The van der Waals surface area contributed by atoms with E-state index in [1.54, 1.807) is 12.4 Å². The van der Waals surface area contributed by atoms with Crippen LogP contribution in [0.25, 0.3) is 0 Å². The number of anilines is 3. The zero-order valence-corrected chi connectivity index (χ0v) is 9.49. The molecule has 0 aliphatic rings. The summed E-state index contributed by atoms with van der Waals surface area (Å²) in [5.41, 5.74) is 4.31. The molecule has 1 aromatic carbocycles. The van der Waals surface area contributed by atoms with Gasteiger partial charge in [-0.15, -0.1) is 0 Å². The number of hydrogen-bond acceptors (Lipinski definition) is 3. The Morgan fingerprint density at radius 2 is 1.62 bits per heavy atom. The Morgan fingerprint density at radius 1 is 0.938 bits per heavy atom. The van der Waals surface area contributed by atoms with Gasteiger partial charge in [0.2, 0.25) is 0 Å². The molecule has 0 radical (unpaired) electrons. The maximum Gasteiger partial charge on any atom is 0.0591 e. The molecule has 1 aromatic heterocycles. The molecule has 0 unspecified atom stereocenters. The summed E-state index contributed by atoms with van der Waals surface area (Å²) in [7, 11) is 1.88. The molecule has 3 nitrogen and oxygen atoms in total. The third-order valence-corrected chi connectivity index (χ3v) is 2.37. The second kappa shape index (κ2) is 4.66. The van der Waals surface area contributed by atoms with Crippen molar-refractivity contribution in [2.45, 2.75) is 6.92 Å². The Hall–Kier alpha value is -2.03. The lowest BCUT2D eigenvalue weighted by Crippen LogP contribution is -1.94. The van der Waals surface area contributed by atoms with Gasteiger partial charge in [0.25, 0.3) is 0 Å². The van der Waals surface area contributed by atoms with E-state index in [1.807, 2.05) is 13.1 Å². The van der Waals surface area contributed by atoms with Crippen LogP contribution in [0, 0.1) is 6.92 Å². The molecule has 2 N–H and O–H groups in total. The van der Waals surface area contributed by atoms with E-state index in [0.717, 1.165) is 17.1 Å². The van der Waals surface area contributed by atoms with Crippen molar-refractivity contribution in [1.82, 2.24) is 4.98 Å². The van der Waals surface area contributed by atoms with E-state index in [1.165, 1.54) is 5.56 Å². The van der Waals surface area contributed by atoms with Crippen molar-refractivity contribution in [2.75, 3.05) is 17.7 Å². The largest absolute Gasteiger partial charge is 0.387 e. The first-order valence-corrected chi connectivity index (χ1v) is 5.24. The van der Waals surface area contributed by atoms with E-state index in [-0.39, 0.29) is 0 Å². The van der Waals surface area contributed by atoms with Gasteiger partial charge in [-0.2, -0.15) is 0 Å². The molecule has 2 rings (SSSR count). The fraction of sp³-hybridized carbons (Fsp3) is 0.154. The second-order valence-corrected chi connectivity index (χ2v) is 3.70. The van der Waals surface area contributed by atoms with Gasteiger partial charge >= 0.3 is 0 Å². The summed E-state index contributed by atoms with van der Waals surface area (Å²) < 4.78 is 0. The minimum atomic E-state index is 0.982. The van der Waals surface area contributed by atoms with Gasteiger partial charge in [-0.25, -0.2) is 0 Å². The third-order valence-electron chi connectivity index (χ3n) is 2.37. The molecule has 1 heterocycles. The highest BCUT2D eigenvalue weighted by Gasteiger charge is 1.96. The number of hydrogen-bond donors (Lipinski definition) is 2. The Balaban J connectivity index is 2.16. The average Bonchev–Trinajstić information content (AvgIpc) is 2.32. The Bertz CT molecular complexity index is 463. The van der Waals surface area contributed by atoms with Crippen LogP contribution in [0.15, 0.2) is 42.7 Å². The highest BCUT2D eigenvalue weighted by molar-refractivity contribution is 5.62. The molecule has 16 heavy (non-hydrogen) atoms. The normalized spacial score (nSPS) is 9.88. The smallest absolute Gasteiger partial charge is 0.0591 e. The maximum absolute atomic E-state index is 4.14. The lowest BCUT2D eigenvalue weighted by atomic mass is 10.2. The molecule has 2 aromatic rings. The van der Waals surface area contributed by atoms with Crippen LogP contribution in [0.2, 0.25) is 0 Å². The molecule has 82 valence electrons. The molecular formula is C13H15N3. The molecule has 0 atom stereocenters. The molecule has 0 amide bonds. The maximum atomic E-state index is 4.14. The monoisotopic (exact) mass is 213 g/mol. The number of nitrogens with zero attached hydrogens (tertiary/aromatic N) is 1. The number of aromatic nitrogens is 1. The molecule has 0 spiro atoms. The van der Waals surface area contributed by atoms with Crippen LogP contribution in [-0.4, -0.2) is 12.0 Å². The van der Waals surface area contributed by atoms with Gasteiger partial charge in [-0.1, -0.05) is 17.7 Å². The van der Waals surface area contributed by atoms with Crippen molar-refractivity contribution in [3.63, 3.8) is 0 Å². The molecule has 0 aliphatic carbocycles. The lowest BCUT2D eigenvalue weighted by Gasteiger charge is -2.07. The van der Waals surface area contributed by atoms with Crippen molar-refractivity contribution in [1.29, 1.82) is 0 Å². The van der Waals surface area contributed by atoms with Gasteiger partial charge in [-0.05, 0) is 25.1 Å². The topological polar surface area (TPSA) is 37.0 Å². The van der Waals surface area contributed by atoms with Gasteiger partial charge in [0.1, 0.15) is 0 Å². The van der Waals surface area contributed by atoms with Crippen LogP contribution in [0.5, 0.6) is 0 Å². The highest BCUT2D eigenvalue weighted by Crippen LogP contribution is 2.18. The van der Waals surface area contributed by atoms with Crippen molar-refractivity contribution in [3.05, 3.63) is 48.3 Å². The highest BCUT2D eigenvalue weighted by atomic mass is 14.9. The van der Waals surface area contributed by atoms with E-state index in [2.05, 4.69) is 46.8 Å². The van der Waals surface area contributed by atoms with Crippen molar-refractivity contribution >= 4 is 17.1 Å². The Labute approximate surface area is 95.5 Å². The molecule has 0 saturated carbocycles. The van der Waals surface area contributed by atoms with Crippen LogP contribution in [-0.2, 0) is 0 Å². The van der Waals surface area contributed by atoms with Gasteiger partial charge in [0, 0.05) is 12.7 Å². The summed E-state index contributed by atoms with van der Waals surface area (Å²) in [4.78, 5) is 4.14. The van der Waals surface area contributed by atoms with Crippen LogP contribution < -0.4 is 10.6 Å². The van der Waals surface area contributed by atoms with E-state index >= 15 is 0 Å². The number of pyridine rings is 1. The van der Waals surface area contributed by atoms with Crippen LogP contribution >= 0.6 is 0 Å². The van der Waals surface area contributed by atoms with Gasteiger partial charge in [0.05, 0.1) is 23.8 Å². The second-order valence-electron chi connectivity index (χ2n) is 3.70. The summed E-state index contributed by atoms with van der Waals surface area (Å²) >= 11 is 0. The van der Waals surface area contributed by atoms with Crippen molar-refractivity contribution in [3.8, 4) is 0 Å². The summed E-state index contributed by atoms with van der Waals surface area (Å²) in [5.74, 6) is 0.